The number of hydrogen-bond donors (Lipinski definition) is 2. The first kappa shape index (κ1) is 18.3. The molecule has 1 saturated carbocycles. The van der Waals surface area contributed by atoms with Crippen molar-refractivity contribution in [3.05, 3.63) is 35.9 Å². The summed E-state index contributed by atoms with van der Waals surface area (Å²) < 4.78 is 5.36. The molecule has 2 N–H and O–H groups in total. The van der Waals surface area contributed by atoms with Crippen molar-refractivity contribution in [2.75, 3.05) is 39.4 Å². The molecule has 0 amide bonds. The minimum atomic E-state index is 0.415. The molecule has 0 spiro atoms. The van der Waals surface area contributed by atoms with Crippen molar-refractivity contribution >= 4 is 23.0 Å². The predicted octanol–water partition coefficient (Wildman–Crippen LogP) is 2.50. The number of thiocarbonyl (C=S) groups is 1. The number of nitrogens with one attached hydrogen (secondary N) is 2. The van der Waals surface area contributed by atoms with Crippen molar-refractivity contribution in [3.8, 4) is 0 Å². The smallest absolute Gasteiger partial charge is 0.186 e. The summed E-state index contributed by atoms with van der Waals surface area (Å²) in [7, 11) is 0. The van der Waals surface area contributed by atoms with Gasteiger partial charge in [-0.25, -0.2) is 0 Å². The third-order valence-corrected chi connectivity index (χ3v) is 5.13. The number of hydrogen-bond acceptors (Lipinski definition) is 4. The first-order chi connectivity index (χ1) is 12.3. The molecule has 1 aromatic carbocycles. The van der Waals surface area contributed by atoms with E-state index in [4.69, 9.17) is 17.0 Å². The fourth-order valence-corrected chi connectivity index (χ4v) is 3.64. The first-order valence-electron chi connectivity index (χ1n) is 9.28. The minimum Gasteiger partial charge on any atom is -0.379 e. The zero-order valence-corrected chi connectivity index (χ0v) is 15.6. The lowest BCUT2D eigenvalue weighted by Crippen LogP contribution is -2.43. The number of morpholine rings is 1. The molecular weight excluding hydrogens is 332 g/mol. The highest BCUT2D eigenvalue weighted by Crippen LogP contribution is 2.30. The van der Waals surface area contributed by atoms with E-state index in [0.29, 0.717) is 11.0 Å². The Hall–Kier alpha value is -1.50. The van der Waals surface area contributed by atoms with E-state index in [1.54, 1.807) is 0 Å². The highest BCUT2D eigenvalue weighted by Gasteiger charge is 2.22. The minimum absolute atomic E-state index is 0.415. The molecule has 136 valence electrons. The Bertz CT molecular complexity index is 572. The second-order valence-corrected chi connectivity index (χ2v) is 7.04. The van der Waals surface area contributed by atoms with E-state index in [1.807, 2.05) is 0 Å². The van der Waals surface area contributed by atoms with Gasteiger partial charge < -0.3 is 10.1 Å². The molecule has 6 heteroatoms. The number of nitrogens with zero attached hydrogens (tertiary/aromatic N) is 2. The third-order valence-electron chi connectivity index (χ3n) is 4.90. The number of hydrazone groups is 1. The van der Waals surface area contributed by atoms with Crippen LogP contribution in [0.15, 0.2) is 35.4 Å². The van der Waals surface area contributed by atoms with E-state index >= 15 is 0 Å². The van der Waals surface area contributed by atoms with Gasteiger partial charge in [-0.1, -0.05) is 36.8 Å². The predicted molar refractivity (Wildman–Crippen MR) is 106 cm³/mol. The SMILES string of the molecule is S=C(NCCN1CCOCC1)N/N=C1/CCCC[C@H]1c1ccccc1. The maximum absolute atomic E-state index is 5.37. The van der Waals surface area contributed by atoms with E-state index in [9.17, 15) is 0 Å². The molecule has 1 aliphatic heterocycles. The monoisotopic (exact) mass is 360 g/mol. The lowest BCUT2D eigenvalue weighted by molar-refractivity contribution is 0.0389. The molecule has 1 aliphatic carbocycles. The molecule has 1 aromatic rings. The molecule has 0 aromatic heterocycles. The van der Waals surface area contributed by atoms with Crippen LogP contribution in [0.3, 0.4) is 0 Å². The molecular formula is C19H28N4OS. The Balaban J connectivity index is 1.46. The van der Waals surface area contributed by atoms with Crippen LogP contribution in [0.25, 0.3) is 0 Å². The molecule has 3 rings (SSSR count). The molecule has 0 bridgehead atoms. The fraction of sp³-hybridized carbons (Fsp3) is 0.579. The Morgan fingerprint density at radius 2 is 2.00 bits per heavy atom. The summed E-state index contributed by atoms with van der Waals surface area (Å²) in [5.74, 6) is 0.415. The Kier molecular flexibility index (Phi) is 7.21. The fourth-order valence-electron chi connectivity index (χ4n) is 3.49. The van der Waals surface area contributed by atoms with E-state index in [1.165, 1.54) is 30.5 Å². The van der Waals surface area contributed by atoms with E-state index in [-0.39, 0.29) is 0 Å². The van der Waals surface area contributed by atoms with Crippen LogP contribution < -0.4 is 10.7 Å². The second kappa shape index (κ2) is 9.85. The first-order valence-corrected chi connectivity index (χ1v) is 9.69. The summed E-state index contributed by atoms with van der Waals surface area (Å²) in [6.07, 6.45) is 4.69. The average Bonchev–Trinajstić information content (AvgIpc) is 2.68. The lowest BCUT2D eigenvalue weighted by atomic mass is 9.82. The van der Waals surface area contributed by atoms with Crippen molar-refractivity contribution in [2.24, 2.45) is 5.10 Å². The van der Waals surface area contributed by atoms with E-state index < -0.39 is 0 Å². The molecule has 1 atom stereocenters. The lowest BCUT2D eigenvalue weighted by Gasteiger charge is -2.26. The maximum atomic E-state index is 5.37. The molecule has 5 nitrogen and oxygen atoms in total. The molecule has 25 heavy (non-hydrogen) atoms. The quantitative estimate of drug-likeness (QED) is 0.624. The second-order valence-electron chi connectivity index (χ2n) is 6.63. The number of benzene rings is 1. The highest BCUT2D eigenvalue weighted by molar-refractivity contribution is 7.80. The Morgan fingerprint density at radius 1 is 1.20 bits per heavy atom. The zero-order valence-electron chi connectivity index (χ0n) is 14.7. The van der Waals surface area contributed by atoms with Gasteiger partial charge in [0.15, 0.2) is 5.11 Å². The Morgan fingerprint density at radius 3 is 2.80 bits per heavy atom. The van der Waals surface area contributed by atoms with Gasteiger partial charge in [0.05, 0.1) is 13.2 Å². The van der Waals surface area contributed by atoms with Crippen LogP contribution in [0.5, 0.6) is 0 Å². The van der Waals surface area contributed by atoms with Crippen LogP contribution in [0.1, 0.15) is 37.2 Å². The number of rotatable bonds is 5. The van der Waals surface area contributed by atoms with Gasteiger partial charge in [0.1, 0.15) is 0 Å². The zero-order chi connectivity index (χ0) is 17.3. The van der Waals surface area contributed by atoms with Gasteiger partial charge in [0.2, 0.25) is 0 Å². The van der Waals surface area contributed by atoms with Crippen molar-refractivity contribution in [1.29, 1.82) is 0 Å². The van der Waals surface area contributed by atoms with Crippen LogP contribution in [-0.2, 0) is 4.74 Å². The summed E-state index contributed by atoms with van der Waals surface area (Å²) in [6.45, 7) is 5.48. The van der Waals surface area contributed by atoms with Gasteiger partial charge in [0, 0.05) is 37.8 Å². The van der Waals surface area contributed by atoms with Gasteiger partial charge in [-0.05, 0) is 37.0 Å². The summed E-state index contributed by atoms with van der Waals surface area (Å²) >= 11 is 5.37. The van der Waals surface area contributed by atoms with Gasteiger partial charge in [-0.3, -0.25) is 10.3 Å². The molecule has 0 unspecified atom stereocenters. The van der Waals surface area contributed by atoms with Gasteiger partial charge in [0.25, 0.3) is 0 Å². The normalized spacial score (nSPS) is 23.4. The summed E-state index contributed by atoms with van der Waals surface area (Å²) in [4.78, 5) is 2.39. The molecule has 2 fully saturated rings. The standard InChI is InChI=1S/C19H28N4OS/c25-19(20-10-11-23-12-14-24-15-13-23)22-21-18-9-5-4-8-17(18)16-6-2-1-3-7-16/h1-3,6-7,17H,4-5,8-15H2,(H2,20,22,25)/b21-18-/t17-/m0/s1. The van der Waals surface area contributed by atoms with Crippen molar-refractivity contribution in [3.63, 3.8) is 0 Å². The maximum Gasteiger partial charge on any atom is 0.186 e. The van der Waals surface area contributed by atoms with Crippen LogP contribution in [-0.4, -0.2) is 55.1 Å². The van der Waals surface area contributed by atoms with Crippen LogP contribution >= 0.6 is 12.2 Å². The number of ether oxygens (including phenoxy) is 1. The van der Waals surface area contributed by atoms with Crippen molar-refractivity contribution in [2.45, 2.75) is 31.6 Å². The van der Waals surface area contributed by atoms with E-state index in [0.717, 1.165) is 45.8 Å². The molecule has 1 heterocycles. The van der Waals surface area contributed by atoms with Gasteiger partial charge in [-0.15, -0.1) is 0 Å². The summed E-state index contributed by atoms with van der Waals surface area (Å²) in [5.41, 5.74) is 5.63. The average molecular weight is 361 g/mol. The van der Waals surface area contributed by atoms with Gasteiger partial charge in [-0.2, -0.15) is 5.10 Å². The third kappa shape index (κ3) is 5.76. The van der Waals surface area contributed by atoms with Crippen molar-refractivity contribution in [1.82, 2.24) is 15.6 Å². The van der Waals surface area contributed by atoms with Gasteiger partial charge >= 0.3 is 0 Å². The molecule has 2 aliphatic rings. The summed E-state index contributed by atoms with van der Waals surface area (Å²) in [6, 6.07) is 10.7. The highest BCUT2D eigenvalue weighted by atomic mass is 32.1. The van der Waals surface area contributed by atoms with Crippen LogP contribution in [0.4, 0.5) is 0 Å². The summed E-state index contributed by atoms with van der Waals surface area (Å²) in [5, 5.41) is 8.50. The van der Waals surface area contributed by atoms with Crippen molar-refractivity contribution < 1.29 is 4.74 Å². The van der Waals surface area contributed by atoms with Crippen LogP contribution in [0, 0.1) is 0 Å². The molecule has 1 saturated heterocycles. The van der Waals surface area contributed by atoms with Crippen LogP contribution in [0.2, 0.25) is 0 Å². The topological polar surface area (TPSA) is 48.9 Å². The molecule has 0 radical (unpaired) electrons. The largest absolute Gasteiger partial charge is 0.379 e. The van der Waals surface area contributed by atoms with E-state index in [2.05, 4.69) is 51.1 Å². The Labute approximate surface area is 155 Å².